The van der Waals surface area contributed by atoms with Crippen LogP contribution < -0.4 is 5.32 Å². The average Bonchev–Trinajstić information content (AvgIpc) is 3.13. The highest BCUT2D eigenvalue weighted by atomic mass is 16.1. The summed E-state index contributed by atoms with van der Waals surface area (Å²) < 4.78 is 0. The number of anilines is 1. The molecule has 2 N–H and O–H groups in total. The number of carbonyl (C=O) groups excluding carboxylic acids is 1. The molecule has 5 nitrogen and oxygen atoms in total. The number of H-pyrrole nitrogens is 1. The summed E-state index contributed by atoms with van der Waals surface area (Å²) in [6, 6.07) is 19.2. The number of carbonyl (C=O) groups is 1. The first-order chi connectivity index (χ1) is 11.8. The molecular formula is C19H14N4O. The summed E-state index contributed by atoms with van der Waals surface area (Å²) in [6.07, 6.45) is 3.41. The van der Waals surface area contributed by atoms with E-state index in [1.165, 1.54) is 0 Å². The first-order valence-electron chi connectivity index (χ1n) is 7.56. The number of amides is 1. The van der Waals surface area contributed by atoms with Gasteiger partial charge < -0.3 is 5.32 Å². The average molecular weight is 314 g/mol. The quantitative estimate of drug-likeness (QED) is 0.603. The predicted octanol–water partition coefficient (Wildman–Crippen LogP) is 3.88. The molecule has 0 aliphatic rings. The number of fused-ring (bicyclic) bond motifs is 1. The number of nitrogens with zero attached hydrogens (tertiary/aromatic N) is 2. The molecule has 0 aliphatic heterocycles. The minimum atomic E-state index is -0.228. The van der Waals surface area contributed by atoms with Gasteiger partial charge in [-0.05, 0) is 29.7 Å². The first kappa shape index (κ1) is 14.1. The van der Waals surface area contributed by atoms with E-state index in [4.69, 9.17) is 0 Å². The van der Waals surface area contributed by atoms with E-state index in [-0.39, 0.29) is 5.91 Å². The molecule has 5 heteroatoms. The van der Waals surface area contributed by atoms with Gasteiger partial charge in [-0.25, -0.2) is 0 Å². The van der Waals surface area contributed by atoms with E-state index in [0.717, 1.165) is 22.0 Å². The number of rotatable bonds is 3. The van der Waals surface area contributed by atoms with Crippen LogP contribution in [0.1, 0.15) is 10.5 Å². The molecule has 0 aliphatic carbocycles. The van der Waals surface area contributed by atoms with Crippen molar-refractivity contribution in [2.75, 3.05) is 5.32 Å². The molecule has 0 unspecified atom stereocenters. The van der Waals surface area contributed by atoms with Gasteiger partial charge >= 0.3 is 0 Å². The van der Waals surface area contributed by atoms with Crippen LogP contribution in [0.25, 0.3) is 22.0 Å². The fourth-order valence-corrected chi connectivity index (χ4v) is 2.62. The Labute approximate surface area is 138 Å². The second-order valence-corrected chi connectivity index (χ2v) is 5.39. The van der Waals surface area contributed by atoms with E-state index in [1.807, 2.05) is 54.6 Å². The van der Waals surface area contributed by atoms with Crippen molar-refractivity contribution in [3.8, 4) is 11.3 Å². The third-order valence-electron chi connectivity index (χ3n) is 3.82. The molecule has 0 saturated carbocycles. The lowest BCUT2D eigenvalue weighted by atomic mass is 10.1. The van der Waals surface area contributed by atoms with Crippen molar-refractivity contribution >= 4 is 22.4 Å². The second kappa shape index (κ2) is 5.96. The van der Waals surface area contributed by atoms with Crippen LogP contribution >= 0.6 is 0 Å². The largest absolute Gasteiger partial charge is 0.320 e. The lowest BCUT2D eigenvalue weighted by molar-refractivity contribution is 0.102. The number of aromatic amines is 1. The van der Waals surface area contributed by atoms with Gasteiger partial charge in [-0.2, -0.15) is 5.10 Å². The molecule has 4 rings (SSSR count). The summed E-state index contributed by atoms with van der Waals surface area (Å²) in [5.74, 6) is -0.228. The summed E-state index contributed by atoms with van der Waals surface area (Å²) in [5, 5.41) is 12.0. The summed E-state index contributed by atoms with van der Waals surface area (Å²) in [5.41, 5.74) is 2.72. The Hall–Kier alpha value is -3.47. The molecule has 4 aromatic rings. The van der Waals surface area contributed by atoms with Crippen molar-refractivity contribution in [3.05, 3.63) is 78.8 Å². The third-order valence-corrected chi connectivity index (χ3v) is 3.82. The molecule has 0 bridgehead atoms. The molecule has 2 aromatic carbocycles. The normalized spacial score (nSPS) is 10.7. The topological polar surface area (TPSA) is 70.7 Å². The van der Waals surface area contributed by atoms with Gasteiger partial charge in [-0.3, -0.25) is 14.9 Å². The molecule has 0 fully saturated rings. The zero-order chi connectivity index (χ0) is 16.4. The summed E-state index contributed by atoms with van der Waals surface area (Å²) in [4.78, 5) is 16.6. The first-order valence-corrected chi connectivity index (χ1v) is 7.56. The molecule has 116 valence electrons. The molecule has 24 heavy (non-hydrogen) atoms. The van der Waals surface area contributed by atoms with Crippen molar-refractivity contribution in [1.29, 1.82) is 0 Å². The Kier molecular flexibility index (Phi) is 3.51. The van der Waals surface area contributed by atoms with Gasteiger partial charge in [0, 0.05) is 29.0 Å². The van der Waals surface area contributed by atoms with Gasteiger partial charge in [-0.15, -0.1) is 0 Å². The van der Waals surface area contributed by atoms with Crippen molar-refractivity contribution in [3.63, 3.8) is 0 Å². The van der Waals surface area contributed by atoms with Crippen LogP contribution in [0.5, 0.6) is 0 Å². The number of nitrogens with one attached hydrogen (secondary N) is 2. The number of hydrogen-bond donors (Lipinski definition) is 2. The van der Waals surface area contributed by atoms with Gasteiger partial charge in [0.15, 0.2) is 0 Å². The molecule has 0 saturated heterocycles. The van der Waals surface area contributed by atoms with Gasteiger partial charge in [-0.1, -0.05) is 36.4 Å². The Morgan fingerprint density at radius 1 is 1.00 bits per heavy atom. The molecule has 0 atom stereocenters. The number of aromatic nitrogens is 3. The number of benzene rings is 2. The summed E-state index contributed by atoms with van der Waals surface area (Å²) in [6.45, 7) is 0. The fraction of sp³-hybridized carbons (Fsp3) is 0. The van der Waals surface area contributed by atoms with Crippen LogP contribution in [-0.2, 0) is 0 Å². The van der Waals surface area contributed by atoms with Gasteiger partial charge in [0.2, 0.25) is 0 Å². The maximum atomic E-state index is 12.5. The third kappa shape index (κ3) is 2.63. The van der Waals surface area contributed by atoms with Crippen molar-refractivity contribution in [2.24, 2.45) is 0 Å². The van der Waals surface area contributed by atoms with E-state index >= 15 is 0 Å². The SMILES string of the molecule is O=C(Nc1cccc2ccccc12)c1cc(-c2cccnc2)n[nH]1. The van der Waals surface area contributed by atoms with Crippen LogP contribution in [0.2, 0.25) is 0 Å². The summed E-state index contributed by atoms with van der Waals surface area (Å²) >= 11 is 0. The Bertz CT molecular complexity index is 1000. The second-order valence-electron chi connectivity index (χ2n) is 5.39. The van der Waals surface area contributed by atoms with Crippen LogP contribution in [0.15, 0.2) is 73.1 Å². The molecule has 0 radical (unpaired) electrons. The maximum Gasteiger partial charge on any atom is 0.273 e. The van der Waals surface area contributed by atoms with Gasteiger partial charge in [0.25, 0.3) is 5.91 Å². The van der Waals surface area contributed by atoms with E-state index in [1.54, 1.807) is 18.5 Å². The number of hydrogen-bond acceptors (Lipinski definition) is 3. The van der Waals surface area contributed by atoms with Crippen LogP contribution in [0.3, 0.4) is 0 Å². The summed E-state index contributed by atoms with van der Waals surface area (Å²) in [7, 11) is 0. The minimum Gasteiger partial charge on any atom is -0.320 e. The lowest BCUT2D eigenvalue weighted by Gasteiger charge is -2.07. The van der Waals surface area contributed by atoms with Gasteiger partial charge in [0.1, 0.15) is 5.69 Å². The fourth-order valence-electron chi connectivity index (χ4n) is 2.62. The minimum absolute atomic E-state index is 0.228. The lowest BCUT2D eigenvalue weighted by Crippen LogP contribution is -2.12. The smallest absolute Gasteiger partial charge is 0.273 e. The maximum absolute atomic E-state index is 12.5. The standard InChI is InChI=1S/C19H14N4O/c24-19(18-11-17(22-23-18)14-7-4-10-20-12-14)21-16-9-3-6-13-5-1-2-8-15(13)16/h1-12H,(H,21,24)(H,22,23). The highest BCUT2D eigenvalue weighted by Crippen LogP contribution is 2.24. The molecule has 2 aromatic heterocycles. The zero-order valence-electron chi connectivity index (χ0n) is 12.7. The Balaban J connectivity index is 1.62. The monoisotopic (exact) mass is 314 g/mol. The zero-order valence-corrected chi connectivity index (χ0v) is 12.7. The van der Waals surface area contributed by atoms with Gasteiger partial charge in [0.05, 0.1) is 5.69 Å². The van der Waals surface area contributed by atoms with E-state index in [2.05, 4.69) is 20.5 Å². The molecule has 0 spiro atoms. The van der Waals surface area contributed by atoms with E-state index in [9.17, 15) is 4.79 Å². The molecular weight excluding hydrogens is 300 g/mol. The predicted molar refractivity (Wildman–Crippen MR) is 93.7 cm³/mol. The van der Waals surface area contributed by atoms with E-state index < -0.39 is 0 Å². The molecule has 2 heterocycles. The van der Waals surface area contributed by atoms with Crippen LogP contribution in [0.4, 0.5) is 5.69 Å². The van der Waals surface area contributed by atoms with Crippen LogP contribution in [-0.4, -0.2) is 21.1 Å². The number of pyridine rings is 1. The van der Waals surface area contributed by atoms with Crippen LogP contribution in [0, 0.1) is 0 Å². The van der Waals surface area contributed by atoms with Crippen molar-refractivity contribution in [1.82, 2.24) is 15.2 Å². The van der Waals surface area contributed by atoms with Crippen molar-refractivity contribution < 1.29 is 4.79 Å². The Morgan fingerprint density at radius 3 is 2.75 bits per heavy atom. The van der Waals surface area contributed by atoms with Crippen molar-refractivity contribution in [2.45, 2.75) is 0 Å². The van der Waals surface area contributed by atoms with E-state index in [0.29, 0.717) is 11.4 Å². The molecule has 1 amide bonds. The Morgan fingerprint density at radius 2 is 1.88 bits per heavy atom. The highest BCUT2D eigenvalue weighted by Gasteiger charge is 2.12. The highest BCUT2D eigenvalue weighted by molar-refractivity contribution is 6.08.